The lowest BCUT2D eigenvalue weighted by atomic mass is 9.87. The summed E-state index contributed by atoms with van der Waals surface area (Å²) < 4.78 is 28.8. The number of carboxylic acid groups (broad SMARTS) is 1. The minimum absolute atomic E-state index is 0.0565. The number of nitrogens with one attached hydrogen (secondary N) is 1. The highest BCUT2D eigenvalue weighted by Crippen LogP contribution is 2.33. The minimum Gasteiger partial charge on any atom is -0.496 e. The van der Waals surface area contributed by atoms with Crippen molar-refractivity contribution >= 4 is 17.1 Å². The molecular weight excluding hydrogens is 574 g/mol. The van der Waals surface area contributed by atoms with Gasteiger partial charge in [0.05, 0.1) is 57.2 Å². The number of methoxy groups -OCH3 is 2. The number of nitrogens with zero attached hydrogens (tertiary/aromatic N) is 2. The molecule has 0 bridgehead atoms. The van der Waals surface area contributed by atoms with Gasteiger partial charge in [-0.1, -0.05) is 42.5 Å². The second kappa shape index (κ2) is 16.3. The molecule has 0 saturated carbocycles. The Bertz CT molecular complexity index is 1510. The highest BCUT2D eigenvalue weighted by molar-refractivity contribution is 5.78. The van der Waals surface area contributed by atoms with Gasteiger partial charge < -0.3 is 38.7 Å². The van der Waals surface area contributed by atoms with E-state index in [0.717, 1.165) is 64.3 Å². The number of fused-ring (bicyclic) bond motifs is 1. The molecule has 2 heterocycles. The van der Waals surface area contributed by atoms with E-state index in [4.69, 9.17) is 28.7 Å². The van der Waals surface area contributed by atoms with Gasteiger partial charge in [0.15, 0.2) is 0 Å². The Balaban J connectivity index is 1.15. The van der Waals surface area contributed by atoms with Crippen LogP contribution in [0.1, 0.15) is 47.7 Å². The van der Waals surface area contributed by atoms with Gasteiger partial charge in [0.1, 0.15) is 17.3 Å². The number of ether oxygens (including phenoxy) is 5. The van der Waals surface area contributed by atoms with Gasteiger partial charge in [-0.05, 0) is 42.7 Å². The smallest absolute Gasteiger partial charge is 0.407 e. The van der Waals surface area contributed by atoms with E-state index in [0.29, 0.717) is 52.5 Å². The molecule has 1 aliphatic rings. The molecule has 4 aromatic rings. The Labute approximate surface area is 264 Å². The number of imidazole rings is 1. The van der Waals surface area contributed by atoms with Crippen molar-refractivity contribution in [3.8, 4) is 11.5 Å². The highest BCUT2D eigenvalue weighted by Gasteiger charge is 2.33. The third-order valence-corrected chi connectivity index (χ3v) is 8.15. The van der Waals surface area contributed by atoms with Crippen LogP contribution in [-0.4, -0.2) is 79.3 Å². The van der Waals surface area contributed by atoms with Crippen LogP contribution in [0.25, 0.3) is 11.0 Å². The van der Waals surface area contributed by atoms with Crippen molar-refractivity contribution in [2.24, 2.45) is 0 Å². The van der Waals surface area contributed by atoms with Crippen LogP contribution in [0.5, 0.6) is 11.5 Å². The lowest BCUT2D eigenvalue weighted by Crippen LogP contribution is -2.46. The molecule has 1 saturated heterocycles. The number of H-pyrrole nitrogens is 1. The average Bonchev–Trinajstić information content (AvgIpc) is 3.49. The number of hydrogen-bond donors (Lipinski definition) is 2. The first-order chi connectivity index (χ1) is 22.1. The van der Waals surface area contributed by atoms with E-state index < -0.39 is 6.09 Å². The van der Waals surface area contributed by atoms with Crippen LogP contribution in [0.3, 0.4) is 0 Å². The Morgan fingerprint density at radius 2 is 1.78 bits per heavy atom. The number of piperidine rings is 1. The maximum atomic E-state index is 11.8. The number of aryl methyl sites for hydroxylation is 1. The second-order valence-electron chi connectivity index (χ2n) is 11.2. The SMILES string of the molecule is COCCCc1nc2c(COC3CN(C(=O)O)CCC3c3ccc(OCCCOCc4ccccc4OC)cc3)cccc2[nH]1. The topological polar surface area (TPSA) is 115 Å². The Morgan fingerprint density at radius 3 is 2.58 bits per heavy atom. The summed E-state index contributed by atoms with van der Waals surface area (Å²) in [5, 5.41) is 9.70. The number of rotatable bonds is 16. The molecule has 2 unspecified atom stereocenters. The predicted octanol–water partition coefficient (Wildman–Crippen LogP) is 6.19. The van der Waals surface area contributed by atoms with Crippen LogP contribution < -0.4 is 9.47 Å². The molecule has 1 aromatic heterocycles. The van der Waals surface area contributed by atoms with Crippen molar-refractivity contribution in [3.05, 3.63) is 89.2 Å². The summed E-state index contributed by atoms with van der Waals surface area (Å²) in [5.41, 5.74) is 4.96. The number of benzene rings is 3. The molecule has 1 aliphatic heterocycles. The third kappa shape index (κ3) is 8.75. The normalized spacial score (nSPS) is 16.6. The van der Waals surface area contributed by atoms with Crippen LogP contribution >= 0.6 is 0 Å². The van der Waals surface area contributed by atoms with Gasteiger partial charge in [0, 0.05) is 50.1 Å². The van der Waals surface area contributed by atoms with E-state index in [1.165, 1.54) is 4.90 Å². The van der Waals surface area contributed by atoms with Crippen molar-refractivity contribution in [2.45, 2.75) is 50.9 Å². The van der Waals surface area contributed by atoms with Crippen molar-refractivity contribution in [2.75, 3.05) is 47.1 Å². The summed E-state index contributed by atoms with van der Waals surface area (Å²) in [4.78, 5) is 21.5. The fourth-order valence-electron chi connectivity index (χ4n) is 5.77. The van der Waals surface area contributed by atoms with Crippen molar-refractivity contribution in [1.82, 2.24) is 14.9 Å². The van der Waals surface area contributed by atoms with Gasteiger partial charge in [0.25, 0.3) is 0 Å². The molecule has 10 nitrogen and oxygen atoms in total. The Kier molecular flexibility index (Phi) is 11.7. The van der Waals surface area contributed by atoms with Crippen molar-refractivity contribution < 1.29 is 33.6 Å². The molecule has 5 rings (SSSR count). The number of hydrogen-bond acceptors (Lipinski definition) is 7. The summed E-state index contributed by atoms with van der Waals surface area (Å²) in [7, 11) is 3.36. The largest absolute Gasteiger partial charge is 0.496 e. The maximum Gasteiger partial charge on any atom is 0.407 e. The molecule has 240 valence electrons. The van der Waals surface area contributed by atoms with Crippen LogP contribution in [0.2, 0.25) is 0 Å². The average molecular weight is 618 g/mol. The highest BCUT2D eigenvalue weighted by atomic mass is 16.5. The van der Waals surface area contributed by atoms with E-state index >= 15 is 0 Å². The number of para-hydroxylation sites is 2. The van der Waals surface area contributed by atoms with Crippen LogP contribution in [0.15, 0.2) is 66.7 Å². The molecular formula is C35H43N3O7. The fourth-order valence-corrected chi connectivity index (χ4v) is 5.77. The number of aromatic nitrogens is 2. The number of amides is 1. The Hall–Kier alpha value is -4.12. The number of likely N-dealkylation sites (tertiary alicyclic amines) is 1. The predicted molar refractivity (Wildman–Crippen MR) is 171 cm³/mol. The van der Waals surface area contributed by atoms with E-state index in [2.05, 4.69) is 17.1 Å². The van der Waals surface area contributed by atoms with Gasteiger partial charge in [-0.3, -0.25) is 0 Å². The monoisotopic (exact) mass is 617 g/mol. The lowest BCUT2D eigenvalue weighted by Gasteiger charge is -2.37. The van der Waals surface area contributed by atoms with E-state index in [-0.39, 0.29) is 12.0 Å². The third-order valence-electron chi connectivity index (χ3n) is 8.15. The van der Waals surface area contributed by atoms with Gasteiger partial charge in [-0.15, -0.1) is 0 Å². The summed E-state index contributed by atoms with van der Waals surface area (Å²) in [6, 6.07) is 21.9. The first-order valence-corrected chi connectivity index (χ1v) is 15.5. The van der Waals surface area contributed by atoms with E-state index in [1.54, 1.807) is 14.2 Å². The van der Waals surface area contributed by atoms with Crippen LogP contribution in [0.4, 0.5) is 4.79 Å². The zero-order valence-corrected chi connectivity index (χ0v) is 26.1. The van der Waals surface area contributed by atoms with Crippen LogP contribution in [-0.2, 0) is 33.8 Å². The van der Waals surface area contributed by atoms with Gasteiger partial charge in [0.2, 0.25) is 0 Å². The molecule has 3 aromatic carbocycles. The van der Waals surface area contributed by atoms with Crippen molar-refractivity contribution in [3.63, 3.8) is 0 Å². The van der Waals surface area contributed by atoms with Gasteiger partial charge in [-0.2, -0.15) is 0 Å². The zero-order valence-electron chi connectivity index (χ0n) is 26.1. The van der Waals surface area contributed by atoms with Crippen molar-refractivity contribution in [1.29, 1.82) is 0 Å². The molecule has 45 heavy (non-hydrogen) atoms. The summed E-state index contributed by atoms with van der Waals surface area (Å²) in [6.07, 6.45) is 1.91. The number of aromatic amines is 1. The second-order valence-corrected chi connectivity index (χ2v) is 11.2. The molecule has 2 N–H and O–H groups in total. The molecule has 0 spiro atoms. The quantitative estimate of drug-likeness (QED) is 0.143. The summed E-state index contributed by atoms with van der Waals surface area (Å²) >= 11 is 0. The maximum absolute atomic E-state index is 11.8. The standard InChI is InChI=1S/C35H43N3O7/c1-41-19-6-12-33-36-30-10-5-9-27(34(30)37-33)24-45-32-22-38(35(39)40)18-17-29(32)25-13-15-28(16-14-25)44-21-7-20-43-23-26-8-3-4-11-31(26)42-2/h3-5,8-11,13-16,29,32H,6-7,12,17-24H2,1-2H3,(H,36,37)(H,39,40). The summed E-state index contributed by atoms with van der Waals surface area (Å²) in [6.45, 7) is 3.42. The molecule has 2 atom stereocenters. The van der Waals surface area contributed by atoms with Crippen LogP contribution in [0, 0.1) is 0 Å². The van der Waals surface area contributed by atoms with Gasteiger partial charge >= 0.3 is 6.09 Å². The molecule has 1 amide bonds. The van der Waals surface area contributed by atoms with E-state index in [1.807, 2.05) is 54.6 Å². The lowest BCUT2D eigenvalue weighted by molar-refractivity contribution is -0.0196. The number of carbonyl (C=O) groups is 1. The zero-order chi connectivity index (χ0) is 31.4. The first kappa shape index (κ1) is 32.3. The molecule has 10 heteroatoms. The Morgan fingerprint density at radius 1 is 0.956 bits per heavy atom. The fraction of sp³-hybridized carbons (Fsp3) is 0.429. The summed E-state index contributed by atoms with van der Waals surface area (Å²) in [5.74, 6) is 2.59. The van der Waals surface area contributed by atoms with E-state index in [9.17, 15) is 9.90 Å². The molecule has 1 fully saturated rings. The molecule has 0 aliphatic carbocycles. The first-order valence-electron chi connectivity index (χ1n) is 15.5. The minimum atomic E-state index is -0.923. The van der Waals surface area contributed by atoms with Gasteiger partial charge in [-0.25, -0.2) is 9.78 Å². The molecule has 0 radical (unpaired) electrons.